The zero-order chi connectivity index (χ0) is 24.1. The summed E-state index contributed by atoms with van der Waals surface area (Å²) in [7, 11) is 6.21. The predicted octanol–water partition coefficient (Wildman–Crippen LogP) is 3.67. The molecule has 34 heavy (non-hydrogen) atoms. The van der Waals surface area contributed by atoms with Crippen LogP contribution in [0.3, 0.4) is 0 Å². The third-order valence-electron chi connectivity index (χ3n) is 5.42. The Bertz CT molecular complexity index is 1270. The number of nitrogens with zero attached hydrogens (tertiary/aromatic N) is 5. The van der Waals surface area contributed by atoms with Gasteiger partial charge in [0.1, 0.15) is 22.8 Å². The molecule has 0 spiro atoms. The van der Waals surface area contributed by atoms with Crippen molar-refractivity contribution in [3.8, 4) is 17.1 Å². The number of aromatic amines is 1. The molecule has 2 N–H and O–H groups in total. The summed E-state index contributed by atoms with van der Waals surface area (Å²) in [5, 5.41) is 2.88. The first-order valence-electron chi connectivity index (χ1n) is 11.2. The van der Waals surface area contributed by atoms with E-state index >= 15 is 0 Å². The first kappa shape index (κ1) is 23.2. The highest BCUT2D eigenvalue weighted by Crippen LogP contribution is 2.26. The molecular weight excluding hydrogens is 430 g/mol. The molecular formula is C25H29N7O2. The number of nitrogens with one attached hydrogen (secondary N) is 2. The molecule has 1 amide bonds. The van der Waals surface area contributed by atoms with Crippen molar-refractivity contribution in [3.05, 3.63) is 60.6 Å². The Kier molecular flexibility index (Phi) is 7.03. The Morgan fingerprint density at radius 1 is 1.06 bits per heavy atom. The molecule has 9 heteroatoms. The van der Waals surface area contributed by atoms with E-state index in [1.807, 2.05) is 19.1 Å². The molecule has 0 atom stereocenters. The second kappa shape index (κ2) is 10.3. The van der Waals surface area contributed by atoms with Crippen LogP contribution in [0.2, 0.25) is 0 Å². The number of pyridine rings is 2. The summed E-state index contributed by atoms with van der Waals surface area (Å²) in [5.41, 5.74) is 4.01. The molecule has 4 rings (SSSR count). The van der Waals surface area contributed by atoms with E-state index in [0.717, 1.165) is 24.3 Å². The summed E-state index contributed by atoms with van der Waals surface area (Å²) in [5.74, 6) is 0.911. The molecule has 0 unspecified atom stereocenters. The first-order chi connectivity index (χ1) is 16.5. The smallest absolute Gasteiger partial charge is 0.258 e. The van der Waals surface area contributed by atoms with Crippen LogP contribution in [-0.2, 0) is 0 Å². The number of likely N-dealkylation sites (N-methyl/N-ethyl adjacent to an activating group) is 2. The van der Waals surface area contributed by atoms with E-state index in [4.69, 9.17) is 9.72 Å². The molecule has 9 nitrogen and oxygen atoms in total. The van der Waals surface area contributed by atoms with Gasteiger partial charge in [-0.25, -0.2) is 9.97 Å². The quantitative estimate of drug-likeness (QED) is 0.394. The van der Waals surface area contributed by atoms with Crippen LogP contribution in [0.5, 0.6) is 5.75 Å². The van der Waals surface area contributed by atoms with E-state index in [0.29, 0.717) is 40.6 Å². The van der Waals surface area contributed by atoms with E-state index in [1.165, 1.54) is 0 Å². The van der Waals surface area contributed by atoms with E-state index in [1.54, 1.807) is 30.7 Å². The lowest BCUT2D eigenvalue weighted by Gasteiger charge is -2.21. The van der Waals surface area contributed by atoms with Gasteiger partial charge in [0, 0.05) is 49.8 Å². The SMILES string of the molecule is CCOc1ccncc1NC(=O)c1ccnc2[nH]c(-c3ccc(N(C)CCN(C)C)cc3)nc12. The molecule has 1 aromatic carbocycles. The van der Waals surface area contributed by atoms with Gasteiger partial charge in [-0.1, -0.05) is 0 Å². The van der Waals surface area contributed by atoms with Crippen LogP contribution in [0, 0.1) is 0 Å². The molecule has 176 valence electrons. The molecule has 0 bridgehead atoms. The Balaban J connectivity index is 1.57. The zero-order valence-corrected chi connectivity index (χ0v) is 19.9. The molecule has 0 aliphatic carbocycles. The Labute approximate surface area is 198 Å². The van der Waals surface area contributed by atoms with E-state index in [9.17, 15) is 4.79 Å². The molecule has 0 saturated carbocycles. The fourth-order valence-electron chi connectivity index (χ4n) is 3.53. The molecule has 0 fully saturated rings. The van der Waals surface area contributed by atoms with Gasteiger partial charge in [0.25, 0.3) is 5.91 Å². The standard InChI is InChI=1S/C25H29N7O2/c1-5-34-21-11-12-26-16-20(21)28-25(33)19-10-13-27-24-22(19)29-23(30-24)17-6-8-18(9-7-17)32(4)15-14-31(2)3/h6-13,16H,5,14-15H2,1-4H3,(H,28,33)(H,27,29,30). The van der Waals surface area contributed by atoms with Gasteiger partial charge >= 0.3 is 0 Å². The fourth-order valence-corrected chi connectivity index (χ4v) is 3.53. The minimum Gasteiger partial charge on any atom is -0.492 e. The lowest BCUT2D eigenvalue weighted by Crippen LogP contribution is -2.28. The molecule has 3 heterocycles. The summed E-state index contributed by atoms with van der Waals surface area (Å²) in [6.07, 6.45) is 4.78. The number of benzene rings is 1. The number of carbonyl (C=O) groups is 1. The topological polar surface area (TPSA) is 99.3 Å². The summed E-state index contributed by atoms with van der Waals surface area (Å²) >= 11 is 0. The number of hydrogen-bond acceptors (Lipinski definition) is 7. The number of rotatable bonds is 9. The second-order valence-electron chi connectivity index (χ2n) is 8.17. The van der Waals surface area contributed by atoms with Crippen molar-refractivity contribution in [2.75, 3.05) is 51.1 Å². The van der Waals surface area contributed by atoms with Crippen LogP contribution in [-0.4, -0.2) is 71.6 Å². The molecule has 0 aliphatic heterocycles. The minimum atomic E-state index is -0.308. The number of aromatic nitrogens is 4. The Morgan fingerprint density at radius 2 is 1.85 bits per heavy atom. The van der Waals surface area contributed by atoms with E-state index in [-0.39, 0.29) is 5.91 Å². The third-order valence-corrected chi connectivity index (χ3v) is 5.42. The summed E-state index contributed by atoms with van der Waals surface area (Å²) in [6.45, 7) is 4.28. The van der Waals surface area contributed by atoms with Crippen LogP contribution in [0.25, 0.3) is 22.6 Å². The monoisotopic (exact) mass is 459 g/mol. The van der Waals surface area contributed by atoms with E-state index < -0.39 is 0 Å². The van der Waals surface area contributed by atoms with Crippen molar-refractivity contribution < 1.29 is 9.53 Å². The number of anilines is 2. The van der Waals surface area contributed by atoms with Crippen LogP contribution in [0.15, 0.2) is 55.0 Å². The van der Waals surface area contributed by atoms with Gasteiger partial charge in [-0.3, -0.25) is 9.78 Å². The Hall–Kier alpha value is -3.98. The maximum atomic E-state index is 13.1. The molecule has 0 aliphatic rings. The van der Waals surface area contributed by atoms with Crippen LogP contribution in [0.4, 0.5) is 11.4 Å². The van der Waals surface area contributed by atoms with Crippen LogP contribution < -0.4 is 15.0 Å². The second-order valence-corrected chi connectivity index (χ2v) is 8.17. The zero-order valence-electron chi connectivity index (χ0n) is 19.9. The lowest BCUT2D eigenvalue weighted by molar-refractivity contribution is 0.102. The number of H-pyrrole nitrogens is 1. The van der Waals surface area contributed by atoms with Crippen LogP contribution in [0.1, 0.15) is 17.3 Å². The van der Waals surface area contributed by atoms with Crippen molar-refractivity contribution in [2.24, 2.45) is 0 Å². The van der Waals surface area contributed by atoms with Gasteiger partial charge in [0.2, 0.25) is 0 Å². The number of hydrogen-bond donors (Lipinski definition) is 2. The number of carbonyl (C=O) groups excluding carboxylic acids is 1. The fraction of sp³-hybridized carbons (Fsp3) is 0.280. The third kappa shape index (κ3) is 5.15. The van der Waals surface area contributed by atoms with Crippen molar-refractivity contribution in [1.29, 1.82) is 0 Å². The first-order valence-corrected chi connectivity index (χ1v) is 11.2. The molecule has 0 saturated heterocycles. The summed E-state index contributed by atoms with van der Waals surface area (Å²) in [4.78, 5) is 33.8. The predicted molar refractivity (Wildman–Crippen MR) is 135 cm³/mol. The van der Waals surface area contributed by atoms with Gasteiger partial charge in [-0.05, 0) is 51.4 Å². The number of fused-ring (bicyclic) bond motifs is 1. The number of imidazole rings is 1. The lowest BCUT2D eigenvalue weighted by atomic mass is 10.2. The van der Waals surface area contributed by atoms with Gasteiger partial charge in [0.05, 0.1) is 18.4 Å². The average molecular weight is 460 g/mol. The minimum absolute atomic E-state index is 0.308. The average Bonchev–Trinajstić information content (AvgIpc) is 3.28. The highest BCUT2D eigenvalue weighted by atomic mass is 16.5. The molecule has 0 radical (unpaired) electrons. The Morgan fingerprint density at radius 3 is 2.59 bits per heavy atom. The molecule has 4 aromatic rings. The van der Waals surface area contributed by atoms with Gasteiger partial charge in [-0.2, -0.15) is 0 Å². The van der Waals surface area contributed by atoms with Crippen LogP contribution >= 0.6 is 0 Å². The van der Waals surface area contributed by atoms with Gasteiger partial charge in [-0.15, -0.1) is 0 Å². The van der Waals surface area contributed by atoms with Crippen molar-refractivity contribution in [3.63, 3.8) is 0 Å². The maximum absolute atomic E-state index is 13.1. The summed E-state index contributed by atoms with van der Waals surface area (Å²) in [6, 6.07) is 11.5. The van der Waals surface area contributed by atoms with Crippen molar-refractivity contribution >= 4 is 28.4 Å². The summed E-state index contributed by atoms with van der Waals surface area (Å²) < 4.78 is 5.58. The number of ether oxygens (including phenoxy) is 1. The molecule has 3 aromatic heterocycles. The maximum Gasteiger partial charge on any atom is 0.258 e. The number of amides is 1. The van der Waals surface area contributed by atoms with Gasteiger partial charge in [0.15, 0.2) is 5.65 Å². The van der Waals surface area contributed by atoms with Crippen molar-refractivity contribution in [1.82, 2.24) is 24.8 Å². The highest BCUT2D eigenvalue weighted by Gasteiger charge is 2.17. The highest BCUT2D eigenvalue weighted by molar-refractivity contribution is 6.11. The van der Waals surface area contributed by atoms with E-state index in [2.05, 4.69) is 63.3 Å². The van der Waals surface area contributed by atoms with Crippen molar-refractivity contribution in [2.45, 2.75) is 6.92 Å². The van der Waals surface area contributed by atoms with Gasteiger partial charge < -0.3 is 24.8 Å². The normalized spacial score (nSPS) is 11.1. The largest absolute Gasteiger partial charge is 0.492 e.